The van der Waals surface area contributed by atoms with Crippen LogP contribution in [0.2, 0.25) is 0 Å². The number of aryl methyl sites for hydroxylation is 1. The molecule has 0 aliphatic heterocycles. The molecule has 0 saturated carbocycles. The number of benzene rings is 1. The number of rotatable bonds is 7. The van der Waals surface area contributed by atoms with E-state index in [0.29, 0.717) is 11.8 Å². The second-order valence-corrected chi connectivity index (χ2v) is 6.39. The molecule has 1 aromatic rings. The predicted molar refractivity (Wildman–Crippen MR) is 97.3 cm³/mol. The molecule has 1 aliphatic rings. The Kier molecular flexibility index (Phi) is 8.27. The number of hydrogen-bond acceptors (Lipinski definition) is 2. The highest BCUT2D eigenvalue weighted by atomic mass is 35.5. The molecule has 2 nitrogen and oxygen atoms in total. The van der Waals surface area contributed by atoms with Crippen LogP contribution in [0.3, 0.4) is 0 Å². The summed E-state index contributed by atoms with van der Waals surface area (Å²) in [5.74, 6) is 0.588. The third-order valence-electron chi connectivity index (χ3n) is 4.70. The fraction of sp³-hybridized carbons (Fsp3) is 0.684. The second-order valence-electron chi connectivity index (χ2n) is 6.39. The van der Waals surface area contributed by atoms with Crippen molar-refractivity contribution in [3.8, 4) is 5.75 Å². The van der Waals surface area contributed by atoms with E-state index in [4.69, 9.17) is 0 Å². The lowest BCUT2D eigenvalue weighted by Gasteiger charge is -2.35. The molecular weight excluding hydrogens is 294 g/mol. The fourth-order valence-corrected chi connectivity index (χ4v) is 3.70. The third-order valence-corrected chi connectivity index (χ3v) is 4.70. The Morgan fingerprint density at radius 2 is 1.77 bits per heavy atom. The lowest BCUT2D eigenvalue weighted by molar-refractivity contribution is 0.179. The van der Waals surface area contributed by atoms with Crippen LogP contribution in [0.15, 0.2) is 12.1 Å². The van der Waals surface area contributed by atoms with Crippen LogP contribution in [0.4, 0.5) is 0 Å². The number of nitrogens with zero attached hydrogens (tertiary/aromatic N) is 1. The van der Waals surface area contributed by atoms with Crippen molar-refractivity contribution in [1.82, 2.24) is 4.90 Å². The van der Waals surface area contributed by atoms with Gasteiger partial charge in [-0.3, -0.25) is 0 Å². The van der Waals surface area contributed by atoms with Crippen LogP contribution in [0, 0.1) is 0 Å². The van der Waals surface area contributed by atoms with Crippen molar-refractivity contribution in [2.45, 2.75) is 71.8 Å². The van der Waals surface area contributed by atoms with Crippen molar-refractivity contribution in [3.05, 3.63) is 28.8 Å². The largest absolute Gasteiger partial charge is 0.507 e. The molecule has 0 amide bonds. The van der Waals surface area contributed by atoms with E-state index in [0.717, 1.165) is 31.2 Å². The number of aromatic hydroxyl groups is 1. The maximum absolute atomic E-state index is 10.5. The first-order valence-electron chi connectivity index (χ1n) is 8.77. The normalized spacial score (nSPS) is 17.2. The zero-order valence-electron chi connectivity index (χ0n) is 14.4. The summed E-state index contributed by atoms with van der Waals surface area (Å²) in [6.45, 7) is 9.11. The van der Waals surface area contributed by atoms with E-state index < -0.39 is 0 Å². The Bertz CT molecular complexity index is 455. The molecule has 0 radical (unpaired) electrons. The van der Waals surface area contributed by atoms with Gasteiger partial charge in [-0.2, -0.15) is 0 Å². The van der Waals surface area contributed by atoms with Crippen LogP contribution in [0.5, 0.6) is 5.75 Å². The minimum absolute atomic E-state index is 0. The summed E-state index contributed by atoms with van der Waals surface area (Å²) in [6.07, 6.45) is 7.86. The molecule has 2 rings (SSSR count). The van der Waals surface area contributed by atoms with E-state index in [-0.39, 0.29) is 12.4 Å². The highest BCUT2D eigenvalue weighted by Crippen LogP contribution is 2.34. The minimum atomic E-state index is 0. The quantitative estimate of drug-likeness (QED) is 0.782. The van der Waals surface area contributed by atoms with Crippen molar-refractivity contribution >= 4 is 12.4 Å². The molecule has 0 spiro atoms. The van der Waals surface area contributed by atoms with Crippen molar-refractivity contribution < 1.29 is 5.11 Å². The van der Waals surface area contributed by atoms with Crippen LogP contribution in [-0.2, 0) is 19.3 Å². The summed E-state index contributed by atoms with van der Waals surface area (Å²) in [4.78, 5) is 2.65. The van der Waals surface area contributed by atoms with E-state index in [9.17, 15) is 5.11 Å². The Labute approximate surface area is 142 Å². The SMILES string of the molecule is CCCc1ccc2c(c1O)CCC(N(CCC)CCC)C2.Cl. The zero-order valence-corrected chi connectivity index (χ0v) is 15.2. The Balaban J connectivity index is 0.00000242. The van der Waals surface area contributed by atoms with E-state index in [1.54, 1.807) is 0 Å². The molecule has 126 valence electrons. The third kappa shape index (κ3) is 4.39. The monoisotopic (exact) mass is 325 g/mol. The molecule has 1 unspecified atom stereocenters. The number of fused-ring (bicyclic) bond motifs is 1. The number of hydrogen-bond donors (Lipinski definition) is 1. The van der Waals surface area contributed by atoms with Gasteiger partial charge in [0, 0.05) is 6.04 Å². The zero-order chi connectivity index (χ0) is 15.2. The lowest BCUT2D eigenvalue weighted by Crippen LogP contribution is -2.40. The Hall–Kier alpha value is -0.730. The first-order valence-corrected chi connectivity index (χ1v) is 8.77. The average Bonchev–Trinajstić information content (AvgIpc) is 2.50. The van der Waals surface area contributed by atoms with Gasteiger partial charge in [0.2, 0.25) is 0 Å². The predicted octanol–water partition coefficient (Wildman–Crippen LogP) is 4.75. The topological polar surface area (TPSA) is 23.5 Å². The Morgan fingerprint density at radius 3 is 2.36 bits per heavy atom. The van der Waals surface area contributed by atoms with Gasteiger partial charge in [0.25, 0.3) is 0 Å². The van der Waals surface area contributed by atoms with Gasteiger partial charge in [-0.25, -0.2) is 0 Å². The van der Waals surface area contributed by atoms with E-state index in [1.807, 2.05) is 0 Å². The summed E-state index contributed by atoms with van der Waals surface area (Å²) in [5, 5.41) is 10.5. The fourth-order valence-electron chi connectivity index (χ4n) is 3.70. The van der Waals surface area contributed by atoms with Crippen LogP contribution in [0.25, 0.3) is 0 Å². The average molecular weight is 326 g/mol. The molecule has 0 aromatic heterocycles. The summed E-state index contributed by atoms with van der Waals surface area (Å²) in [5.41, 5.74) is 3.74. The molecule has 1 aliphatic carbocycles. The van der Waals surface area contributed by atoms with Crippen molar-refractivity contribution in [2.75, 3.05) is 13.1 Å². The number of halogens is 1. The molecule has 3 heteroatoms. The molecule has 1 N–H and O–H groups in total. The molecule has 0 saturated heterocycles. The molecule has 22 heavy (non-hydrogen) atoms. The summed E-state index contributed by atoms with van der Waals surface area (Å²) >= 11 is 0. The van der Waals surface area contributed by atoms with Crippen molar-refractivity contribution in [3.63, 3.8) is 0 Å². The van der Waals surface area contributed by atoms with Gasteiger partial charge in [0.15, 0.2) is 0 Å². The molecule has 1 aromatic carbocycles. The lowest BCUT2D eigenvalue weighted by atomic mass is 9.85. The van der Waals surface area contributed by atoms with Crippen LogP contribution < -0.4 is 0 Å². The standard InChI is InChI=1S/C19H31NO.ClH/c1-4-7-15-8-9-16-14-17(10-11-18(16)19(15)21)20(12-5-2)13-6-3;/h8-9,17,21H,4-7,10-14H2,1-3H3;1H. The number of phenolic OH excluding ortho intramolecular Hbond substituents is 1. The molecular formula is C19H32ClNO. The first-order chi connectivity index (χ1) is 10.2. The van der Waals surface area contributed by atoms with Crippen LogP contribution in [0.1, 0.15) is 63.1 Å². The highest BCUT2D eigenvalue weighted by molar-refractivity contribution is 5.85. The van der Waals surface area contributed by atoms with Gasteiger partial charge in [-0.05, 0) is 68.3 Å². The maximum Gasteiger partial charge on any atom is 0.122 e. The summed E-state index contributed by atoms with van der Waals surface area (Å²) in [7, 11) is 0. The minimum Gasteiger partial charge on any atom is -0.507 e. The molecule has 0 bridgehead atoms. The molecule has 0 heterocycles. The van der Waals surface area contributed by atoms with Gasteiger partial charge in [0.1, 0.15) is 5.75 Å². The van der Waals surface area contributed by atoms with Crippen LogP contribution >= 0.6 is 12.4 Å². The van der Waals surface area contributed by atoms with Crippen molar-refractivity contribution in [2.24, 2.45) is 0 Å². The van der Waals surface area contributed by atoms with Crippen molar-refractivity contribution in [1.29, 1.82) is 0 Å². The van der Waals surface area contributed by atoms with Gasteiger partial charge in [0.05, 0.1) is 0 Å². The summed E-state index contributed by atoms with van der Waals surface area (Å²) in [6, 6.07) is 5.07. The molecule has 0 fully saturated rings. The molecule has 1 atom stereocenters. The van der Waals surface area contributed by atoms with E-state index in [1.165, 1.54) is 43.5 Å². The smallest absolute Gasteiger partial charge is 0.122 e. The second kappa shape index (κ2) is 9.42. The van der Waals surface area contributed by atoms with Gasteiger partial charge in [-0.1, -0.05) is 39.3 Å². The number of phenols is 1. The van der Waals surface area contributed by atoms with Gasteiger partial charge < -0.3 is 10.0 Å². The Morgan fingerprint density at radius 1 is 1.09 bits per heavy atom. The van der Waals surface area contributed by atoms with Gasteiger partial charge >= 0.3 is 0 Å². The van der Waals surface area contributed by atoms with Crippen LogP contribution in [-0.4, -0.2) is 29.1 Å². The highest BCUT2D eigenvalue weighted by Gasteiger charge is 2.25. The summed E-state index contributed by atoms with van der Waals surface area (Å²) < 4.78 is 0. The maximum atomic E-state index is 10.5. The van der Waals surface area contributed by atoms with Gasteiger partial charge in [-0.15, -0.1) is 12.4 Å². The van der Waals surface area contributed by atoms with E-state index >= 15 is 0 Å². The first kappa shape index (κ1) is 19.3. The van der Waals surface area contributed by atoms with E-state index in [2.05, 4.69) is 37.8 Å².